The van der Waals surface area contributed by atoms with E-state index in [1.165, 1.54) is 10.4 Å². The van der Waals surface area contributed by atoms with Crippen LogP contribution in [0.2, 0.25) is 0 Å². The SMILES string of the molecule is CCCNC(=O)C(C)c1ccc(Cc2cccs2)cc1. The van der Waals surface area contributed by atoms with Crippen LogP contribution in [-0.2, 0) is 11.2 Å². The fraction of sp³-hybridized carbons (Fsp3) is 0.353. The van der Waals surface area contributed by atoms with Crippen molar-refractivity contribution in [2.45, 2.75) is 32.6 Å². The first kappa shape index (κ1) is 14.8. The fourth-order valence-electron chi connectivity index (χ4n) is 2.09. The van der Waals surface area contributed by atoms with Gasteiger partial charge in [0.05, 0.1) is 5.92 Å². The van der Waals surface area contributed by atoms with E-state index < -0.39 is 0 Å². The van der Waals surface area contributed by atoms with Crippen molar-refractivity contribution in [3.63, 3.8) is 0 Å². The molecule has 1 unspecified atom stereocenters. The van der Waals surface area contributed by atoms with Crippen LogP contribution < -0.4 is 5.32 Å². The summed E-state index contributed by atoms with van der Waals surface area (Å²) in [5.74, 6) is 0.0233. The van der Waals surface area contributed by atoms with Crippen LogP contribution in [-0.4, -0.2) is 12.5 Å². The van der Waals surface area contributed by atoms with E-state index >= 15 is 0 Å². The summed E-state index contributed by atoms with van der Waals surface area (Å²) in [4.78, 5) is 13.3. The number of carbonyl (C=O) groups excluding carboxylic acids is 1. The smallest absolute Gasteiger partial charge is 0.227 e. The van der Waals surface area contributed by atoms with Gasteiger partial charge in [-0.2, -0.15) is 0 Å². The van der Waals surface area contributed by atoms with Crippen LogP contribution in [0.25, 0.3) is 0 Å². The van der Waals surface area contributed by atoms with Gasteiger partial charge in [-0.1, -0.05) is 37.3 Å². The van der Waals surface area contributed by atoms with Gasteiger partial charge in [0.1, 0.15) is 0 Å². The predicted molar refractivity (Wildman–Crippen MR) is 85.3 cm³/mol. The summed E-state index contributed by atoms with van der Waals surface area (Å²) in [6.07, 6.45) is 1.94. The largest absolute Gasteiger partial charge is 0.356 e. The summed E-state index contributed by atoms with van der Waals surface area (Å²) in [6, 6.07) is 12.6. The number of hydrogen-bond acceptors (Lipinski definition) is 2. The van der Waals surface area contributed by atoms with E-state index in [1.54, 1.807) is 11.3 Å². The molecule has 2 aromatic rings. The van der Waals surface area contributed by atoms with Gasteiger partial charge in [0, 0.05) is 17.8 Å². The van der Waals surface area contributed by atoms with Crippen LogP contribution in [0.15, 0.2) is 41.8 Å². The van der Waals surface area contributed by atoms with Crippen LogP contribution in [0.5, 0.6) is 0 Å². The molecule has 0 bridgehead atoms. The number of carbonyl (C=O) groups is 1. The van der Waals surface area contributed by atoms with Crippen LogP contribution in [0.3, 0.4) is 0 Å². The molecule has 1 N–H and O–H groups in total. The topological polar surface area (TPSA) is 29.1 Å². The zero-order valence-electron chi connectivity index (χ0n) is 12.1. The number of rotatable bonds is 6. The second-order valence-electron chi connectivity index (χ2n) is 5.01. The molecule has 1 atom stereocenters. The molecule has 106 valence electrons. The monoisotopic (exact) mass is 287 g/mol. The van der Waals surface area contributed by atoms with Gasteiger partial charge >= 0.3 is 0 Å². The lowest BCUT2D eigenvalue weighted by Crippen LogP contribution is -2.28. The highest BCUT2D eigenvalue weighted by molar-refractivity contribution is 7.09. The summed E-state index contributed by atoms with van der Waals surface area (Å²) in [6.45, 7) is 4.77. The maximum atomic E-state index is 11.9. The van der Waals surface area contributed by atoms with Crippen LogP contribution in [0.4, 0.5) is 0 Å². The molecule has 1 amide bonds. The minimum atomic E-state index is -0.0858. The molecule has 0 aliphatic rings. The fourth-order valence-corrected chi connectivity index (χ4v) is 2.83. The summed E-state index contributed by atoms with van der Waals surface area (Å²) in [7, 11) is 0. The van der Waals surface area contributed by atoms with Gasteiger partial charge < -0.3 is 5.32 Å². The maximum absolute atomic E-state index is 11.9. The maximum Gasteiger partial charge on any atom is 0.227 e. The highest BCUT2D eigenvalue weighted by atomic mass is 32.1. The van der Waals surface area contributed by atoms with Gasteiger partial charge in [-0.15, -0.1) is 11.3 Å². The van der Waals surface area contributed by atoms with Crippen molar-refractivity contribution in [2.24, 2.45) is 0 Å². The molecule has 0 aliphatic heterocycles. The standard InChI is InChI=1S/C17H21NOS/c1-3-10-18-17(19)13(2)15-8-6-14(7-9-15)12-16-5-4-11-20-16/h4-9,11,13H,3,10,12H2,1-2H3,(H,18,19). The highest BCUT2D eigenvalue weighted by Crippen LogP contribution is 2.19. The van der Waals surface area contributed by atoms with E-state index in [1.807, 2.05) is 6.92 Å². The second-order valence-corrected chi connectivity index (χ2v) is 6.04. The zero-order chi connectivity index (χ0) is 14.4. The molecule has 0 fully saturated rings. The lowest BCUT2D eigenvalue weighted by molar-refractivity contribution is -0.122. The Balaban J connectivity index is 1.98. The Bertz CT molecular complexity index is 531. The van der Waals surface area contributed by atoms with E-state index in [-0.39, 0.29) is 11.8 Å². The van der Waals surface area contributed by atoms with Crippen molar-refractivity contribution >= 4 is 17.2 Å². The molecule has 0 saturated heterocycles. The molecule has 1 aromatic heterocycles. The molecule has 20 heavy (non-hydrogen) atoms. The summed E-state index contributed by atoms with van der Waals surface area (Å²) >= 11 is 1.78. The molecular weight excluding hydrogens is 266 g/mol. The van der Waals surface area contributed by atoms with Crippen molar-refractivity contribution in [1.29, 1.82) is 0 Å². The summed E-state index contributed by atoms with van der Waals surface area (Å²) in [5.41, 5.74) is 2.37. The third-order valence-corrected chi connectivity index (χ3v) is 4.26. The molecule has 0 radical (unpaired) electrons. The quantitative estimate of drug-likeness (QED) is 0.856. The molecule has 0 saturated carbocycles. The van der Waals surface area contributed by atoms with Crippen molar-refractivity contribution in [1.82, 2.24) is 5.32 Å². The number of benzene rings is 1. The van der Waals surface area contributed by atoms with E-state index in [9.17, 15) is 4.79 Å². The van der Waals surface area contributed by atoms with E-state index in [0.717, 1.165) is 24.9 Å². The molecule has 0 spiro atoms. The van der Waals surface area contributed by atoms with Crippen LogP contribution in [0.1, 0.15) is 42.2 Å². The summed E-state index contributed by atoms with van der Waals surface area (Å²) < 4.78 is 0. The molecule has 2 rings (SSSR count). The Kier molecular flexibility index (Phi) is 5.36. The van der Waals surface area contributed by atoms with Gasteiger partial charge in [0.25, 0.3) is 0 Å². The third kappa shape index (κ3) is 3.94. The Labute approximate surface area is 124 Å². The molecule has 0 aliphatic carbocycles. The van der Waals surface area contributed by atoms with Crippen molar-refractivity contribution < 1.29 is 4.79 Å². The lowest BCUT2D eigenvalue weighted by atomic mass is 9.98. The first-order chi connectivity index (χ1) is 9.70. The summed E-state index contributed by atoms with van der Waals surface area (Å²) in [5, 5.41) is 5.05. The molecule has 2 nitrogen and oxygen atoms in total. The van der Waals surface area contributed by atoms with E-state index in [2.05, 4.69) is 54.0 Å². The average Bonchev–Trinajstić information content (AvgIpc) is 2.97. The first-order valence-corrected chi connectivity index (χ1v) is 7.97. The van der Waals surface area contributed by atoms with Crippen molar-refractivity contribution in [2.75, 3.05) is 6.54 Å². The van der Waals surface area contributed by atoms with Crippen molar-refractivity contribution in [3.05, 3.63) is 57.8 Å². The van der Waals surface area contributed by atoms with Gasteiger partial charge in [-0.25, -0.2) is 0 Å². The highest BCUT2D eigenvalue weighted by Gasteiger charge is 2.14. The zero-order valence-corrected chi connectivity index (χ0v) is 12.9. The predicted octanol–water partition coefficient (Wildman–Crippen LogP) is 3.97. The average molecular weight is 287 g/mol. The Hall–Kier alpha value is -1.61. The Morgan fingerprint density at radius 3 is 2.60 bits per heavy atom. The third-order valence-electron chi connectivity index (χ3n) is 3.38. The van der Waals surface area contributed by atoms with Gasteiger partial charge in [-0.05, 0) is 35.9 Å². The number of amides is 1. The van der Waals surface area contributed by atoms with Crippen LogP contribution >= 0.6 is 11.3 Å². The molecular formula is C17H21NOS. The Morgan fingerprint density at radius 2 is 2.00 bits per heavy atom. The van der Waals surface area contributed by atoms with E-state index in [4.69, 9.17) is 0 Å². The number of hydrogen-bond donors (Lipinski definition) is 1. The Morgan fingerprint density at radius 1 is 1.25 bits per heavy atom. The number of nitrogens with one attached hydrogen (secondary N) is 1. The molecule has 3 heteroatoms. The molecule has 1 aromatic carbocycles. The van der Waals surface area contributed by atoms with E-state index in [0.29, 0.717) is 0 Å². The normalized spacial score (nSPS) is 12.1. The lowest BCUT2D eigenvalue weighted by Gasteiger charge is -2.12. The van der Waals surface area contributed by atoms with Gasteiger partial charge in [-0.3, -0.25) is 4.79 Å². The minimum Gasteiger partial charge on any atom is -0.356 e. The second kappa shape index (κ2) is 7.25. The van der Waals surface area contributed by atoms with Crippen molar-refractivity contribution in [3.8, 4) is 0 Å². The molecule has 1 heterocycles. The minimum absolute atomic E-state index is 0.0858. The van der Waals surface area contributed by atoms with Crippen LogP contribution in [0, 0.1) is 0 Å². The number of thiophene rings is 1. The first-order valence-electron chi connectivity index (χ1n) is 7.09. The van der Waals surface area contributed by atoms with Gasteiger partial charge in [0.15, 0.2) is 0 Å². The van der Waals surface area contributed by atoms with Gasteiger partial charge in [0.2, 0.25) is 5.91 Å².